The van der Waals surface area contributed by atoms with E-state index in [0.29, 0.717) is 5.41 Å². The molecule has 0 heterocycles. The fourth-order valence-electron chi connectivity index (χ4n) is 2.79. The Morgan fingerprint density at radius 2 is 1.78 bits per heavy atom. The molecule has 108 valence electrons. The third-order valence-electron chi connectivity index (χ3n) is 4.13. The van der Waals surface area contributed by atoms with Crippen LogP contribution in [0.3, 0.4) is 0 Å². The Hall–Kier alpha value is -0.0800. The van der Waals surface area contributed by atoms with Crippen molar-refractivity contribution in [3.63, 3.8) is 0 Å². The molecule has 0 aromatic rings. The van der Waals surface area contributed by atoms with Gasteiger partial charge < -0.3 is 9.84 Å². The summed E-state index contributed by atoms with van der Waals surface area (Å²) < 4.78 is 5.89. The van der Waals surface area contributed by atoms with Crippen LogP contribution in [0.4, 0.5) is 0 Å². The van der Waals surface area contributed by atoms with Gasteiger partial charge in [-0.15, -0.1) is 0 Å². The Balaban J connectivity index is 2.07. The topological polar surface area (TPSA) is 29.5 Å². The van der Waals surface area contributed by atoms with Crippen LogP contribution in [0.5, 0.6) is 0 Å². The van der Waals surface area contributed by atoms with Gasteiger partial charge in [0.1, 0.15) is 0 Å². The molecule has 2 atom stereocenters. The second-order valence-corrected chi connectivity index (χ2v) is 6.65. The van der Waals surface area contributed by atoms with Crippen molar-refractivity contribution in [1.82, 2.24) is 0 Å². The molecule has 0 aromatic heterocycles. The first kappa shape index (κ1) is 16.0. The van der Waals surface area contributed by atoms with Crippen molar-refractivity contribution in [3.8, 4) is 0 Å². The summed E-state index contributed by atoms with van der Waals surface area (Å²) in [5.41, 5.74) is 0.338. The zero-order valence-corrected chi connectivity index (χ0v) is 12.6. The third kappa shape index (κ3) is 6.19. The number of hydrogen-bond acceptors (Lipinski definition) is 2. The highest BCUT2D eigenvalue weighted by Crippen LogP contribution is 2.36. The van der Waals surface area contributed by atoms with Gasteiger partial charge in [-0.2, -0.15) is 0 Å². The molecule has 0 bridgehead atoms. The summed E-state index contributed by atoms with van der Waals surface area (Å²) in [5, 5.41) is 9.95. The van der Waals surface area contributed by atoms with E-state index in [-0.39, 0.29) is 12.2 Å². The minimum Gasteiger partial charge on any atom is -0.390 e. The van der Waals surface area contributed by atoms with Crippen LogP contribution >= 0.6 is 0 Å². The largest absolute Gasteiger partial charge is 0.390 e. The van der Waals surface area contributed by atoms with E-state index in [0.717, 1.165) is 32.3 Å². The van der Waals surface area contributed by atoms with Crippen LogP contribution in [0, 0.1) is 5.41 Å². The van der Waals surface area contributed by atoms with Crippen molar-refractivity contribution in [2.75, 3.05) is 6.61 Å². The lowest BCUT2D eigenvalue weighted by atomic mass is 9.75. The van der Waals surface area contributed by atoms with E-state index < -0.39 is 0 Å². The summed E-state index contributed by atoms with van der Waals surface area (Å²) in [6, 6.07) is 0. The first-order valence-corrected chi connectivity index (χ1v) is 7.85. The summed E-state index contributed by atoms with van der Waals surface area (Å²) in [4.78, 5) is 0. The Bertz CT molecular complexity index is 213. The Morgan fingerprint density at radius 1 is 1.11 bits per heavy atom. The van der Waals surface area contributed by atoms with E-state index in [2.05, 4.69) is 20.8 Å². The lowest BCUT2D eigenvalue weighted by Gasteiger charge is -2.38. The number of hydrogen-bond donors (Lipinski definition) is 1. The van der Waals surface area contributed by atoms with Crippen LogP contribution in [0.25, 0.3) is 0 Å². The lowest BCUT2D eigenvalue weighted by molar-refractivity contribution is -0.0865. The van der Waals surface area contributed by atoms with Crippen LogP contribution in [0.15, 0.2) is 0 Å². The molecule has 1 saturated carbocycles. The van der Waals surface area contributed by atoms with Gasteiger partial charge in [0, 0.05) is 6.61 Å². The second kappa shape index (κ2) is 8.16. The smallest absolute Gasteiger partial charge is 0.0839 e. The summed E-state index contributed by atoms with van der Waals surface area (Å²) in [7, 11) is 0. The molecule has 0 aromatic carbocycles. The number of rotatable bonds is 8. The van der Waals surface area contributed by atoms with E-state index in [4.69, 9.17) is 4.74 Å². The van der Waals surface area contributed by atoms with E-state index in [1.807, 2.05) is 0 Å². The summed E-state index contributed by atoms with van der Waals surface area (Å²) in [6.45, 7) is 7.62. The average Bonchev–Trinajstić information content (AvgIpc) is 2.32. The number of aliphatic hydroxyl groups excluding tert-OH is 1. The maximum absolute atomic E-state index is 9.95. The average molecular weight is 256 g/mol. The first-order chi connectivity index (χ1) is 8.55. The highest BCUT2D eigenvalue weighted by Gasteiger charge is 2.34. The summed E-state index contributed by atoms with van der Waals surface area (Å²) in [6.07, 6.45) is 10.6. The lowest BCUT2D eigenvalue weighted by Crippen LogP contribution is -2.39. The molecule has 0 amide bonds. The van der Waals surface area contributed by atoms with Crippen LogP contribution in [0.2, 0.25) is 0 Å². The molecular formula is C16H32O2. The van der Waals surface area contributed by atoms with Crippen molar-refractivity contribution < 1.29 is 9.84 Å². The van der Waals surface area contributed by atoms with Gasteiger partial charge in [-0.3, -0.25) is 0 Å². The SMILES string of the molecule is CCCCCCCCOC1CC(C)(C)CCC1O. The van der Waals surface area contributed by atoms with Gasteiger partial charge in [0.25, 0.3) is 0 Å². The monoisotopic (exact) mass is 256 g/mol. The maximum atomic E-state index is 9.95. The molecule has 18 heavy (non-hydrogen) atoms. The zero-order chi connectivity index (χ0) is 13.4. The molecule has 0 aliphatic heterocycles. The molecule has 1 aliphatic carbocycles. The minimum atomic E-state index is -0.238. The number of ether oxygens (including phenoxy) is 1. The number of aliphatic hydroxyl groups is 1. The van der Waals surface area contributed by atoms with Crippen molar-refractivity contribution in [1.29, 1.82) is 0 Å². The third-order valence-corrected chi connectivity index (χ3v) is 4.13. The molecule has 0 saturated heterocycles. The molecule has 2 unspecified atom stereocenters. The van der Waals surface area contributed by atoms with Gasteiger partial charge in [0.15, 0.2) is 0 Å². The molecule has 1 rings (SSSR count). The maximum Gasteiger partial charge on any atom is 0.0839 e. The van der Waals surface area contributed by atoms with Gasteiger partial charge in [0.2, 0.25) is 0 Å². The standard InChI is InChI=1S/C16H32O2/c1-4-5-6-7-8-9-12-18-15-13-16(2,3)11-10-14(15)17/h14-15,17H,4-13H2,1-3H3. The molecule has 2 nitrogen and oxygen atoms in total. The molecule has 2 heteroatoms. The van der Waals surface area contributed by atoms with Crippen molar-refractivity contribution >= 4 is 0 Å². The normalized spacial score (nSPS) is 27.3. The summed E-state index contributed by atoms with van der Waals surface area (Å²) >= 11 is 0. The minimum absolute atomic E-state index is 0.0735. The van der Waals surface area contributed by atoms with E-state index in [9.17, 15) is 5.11 Å². The van der Waals surface area contributed by atoms with E-state index in [1.165, 1.54) is 32.1 Å². The van der Waals surface area contributed by atoms with Crippen molar-refractivity contribution in [3.05, 3.63) is 0 Å². The Labute approximate surface area is 113 Å². The molecule has 1 aliphatic rings. The predicted octanol–water partition coefficient (Wildman–Crippen LogP) is 4.30. The Kier molecular flexibility index (Phi) is 7.25. The van der Waals surface area contributed by atoms with Crippen molar-refractivity contribution in [2.24, 2.45) is 5.41 Å². The summed E-state index contributed by atoms with van der Waals surface area (Å²) in [5.74, 6) is 0. The van der Waals surface area contributed by atoms with Crippen molar-refractivity contribution in [2.45, 2.75) is 90.8 Å². The van der Waals surface area contributed by atoms with E-state index in [1.54, 1.807) is 0 Å². The zero-order valence-electron chi connectivity index (χ0n) is 12.6. The quantitative estimate of drug-likeness (QED) is 0.656. The Morgan fingerprint density at radius 3 is 2.50 bits per heavy atom. The number of unbranched alkanes of at least 4 members (excludes halogenated alkanes) is 5. The van der Waals surface area contributed by atoms with Gasteiger partial charge in [0.05, 0.1) is 12.2 Å². The van der Waals surface area contributed by atoms with Crippen LogP contribution in [-0.4, -0.2) is 23.9 Å². The van der Waals surface area contributed by atoms with E-state index >= 15 is 0 Å². The van der Waals surface area contributed by atoms with Gasteiger partial charge in [-0.25, -0.2) is 0 Å². The predicted molar refractivity (Wildman–Crippen MR) is 76.8 cm³/mol. The fraction of sp³-hybridized carbons (Fsp3) is 1.00. The second-order valence-electron chi connectivity index (χ2n) is 6.65. The molecular weight excluding hydrogens is 224 g/mol. The first-order valence-electron chi connectivity index (χ1n) is 7.85. The molecule has 1 N–H and O–H groups in total. The van der Waals surface area contributed by atoms with Crippen LogP contribution in [-0.2, 0) is 4.74 Å². The highest BCUT2D eigenvalue weighted by molar-refractivity contribution is 4.85. The molecule has 1 fully saturated rings. The van der Waals surface area contributed by atoms with Crippen LogP contribution < -0.4 is 0 Å². The van der Waals surface area contributed by atoms with Crippen LogP contribution in [0.1, 0.15) is 78.6 Å². The van der Waals surface area contributed by atoms with Gasteiger partial charge in [-0.1, -0.05) is 52.9 Å². The van der Waals surface area contributed by atoms with Gasteiger partial charge in [-0.05, 0) is 31.1 Å². The fourth-order valence-corrected chi connectivity index (χ4v) is 2.79. The molecule has 0 radical (unpaired) electrons. The van der Waals surface area contributed by atoms with Gasteiger partial charge >= 0.3 is 0 Å². The molecule has 0 spiro atoms. The highest BCUT2D eigenvalue weighted by atomic mass is 16.5.